The number of anilines is 4. The predicted octanol–water partition coefficient (Wildman–Crippen LogP) is 2.13. The zero-order valence-electron chi connectivity index (χ0n) is 18.1. The van der Waals surface area contributed by atoms with Crippen LogP contribution < -0.4 is 14.9 Å². The van der Waals surface area contributed by atoms with Gasteiger partial charge in [-0.25, -0.2) is 13.4 Å². The molecule has 2 N–H and O–H groups in total. The smallest absolute Gasteiger partial charge is 0.265 e. The lowest BCUT2D eigenvalue weighted by Gasteiger charge is -2.32. The van der Waals surface area contributed by atoms with Crippen molar-refractivity contribution in [3.8, 4) is 0 Å². The largest absolute Gasteiger partial charge is 0.338 e. The van der Waals surface area contributed by atoms with E-state index in [-0.39, 0.29) is 16.7 Å². The van der Waals surface area contributed by atoms with Gasteiger partial charge in [0.05, 0.1) is 0 Å². The van der Waals surface area contributed by atoms with Crippen LogP contribution >= 0.6 is 0 Å². The maximum Gasteiger partial charge on any atom is 0.265 e. The Labute approximate surface area is 187 Å². The first-order valence-corrected chi connectivity index (χ1v) is 11.9. The topological polar surface area (TPSA) is 116 Å². The molecule has 4 rings (SSSR count). The summed E-state index contributed by atoms with van der Waals surface area (Å²) in [7, 11) is -1.79. The summed E-state index contributed by atoms with van der Waals surface area (Å²) < 4.78 is 28.6. The van der Waals surface area contributed by atoms with Crippen LogP contribution in [0, 0.1) is 0 Å². The van der Waals surface area contributed by atoms with Crippen LogP contribution in [0.2, 0.25) is 0 Å². The number of likely N-dealkylation sites (N-methyl/N-ethyl adjacent to an activating group) is 1. The number of pyridine rings is 1. The maximum atomic E-state index is 13.0. The summed E-state index contributed by atoms with van der Waals surface area (Å²) >= 11 is 0. The van der Waals surface area contributed by atoms with Gasteiger partial charge in [-0.3, -0.25) is 4.72 Å². The lowest BCUT2D eigenvalue weighted by Crippen LogP contribution is -2.45. The highest BCUT2D eigenvalue weighted by atomic mass is 32.2. The van der Waals surface area contributed by atoms with E-state index in [0.29, 0.717) is 23.9 Å². The van der Waals surface area contributed by atoms with Crippen molar-refractivity contribution in [2.75, 3.05) is 48.2 Å². The third-order valence-electron chi connectivity index (χ3n) is 5.09. The van der Waals surface area contributed by atoms with Gasteiger partial charge in [-0.05, 0) is 31.3 Å². The third kappa shape index (κ3) is 5.11. The molecule has 0 spiro atoms. The Balaban J connectivity index is 1.63. The minimum absolute atomic E-state index is 0.00320. The van der Waals surface area contributed by atoms with E-state index in [1.165, 1.54) is 12.3 Å². The van der Waals surface area contributed by atoms with E-state index in [4.69, 9.17) is 0 Å². The maximum absolute atomic E-state index is 13.0. The highest BCUT2D eigenvalue weighted by molar-refractivity contribution is 7.92. The number of benzene rings is 1. The predicted molar refractivity (Wildman–Crippen MR) is 124 cm³/mol. The van der Waals surface area contributed by atoms with Crippen molar-refractivity contribution in [3.05, 3.63) is 54.5 Å². The molecule has 0 radical (unpaired) electrons. The first kappa shape index (κ1) is 21.9. The van der Waals surface area contributed by atoms with E-state index < -0.39 is 10.0 Å². The molecule has 11 heteroatoms. The number of piperazine rings is 1. The molecule has 0 bridgehead atoms. The molecule has 1 aliphatic heterocycles. The molecule has 0 unspecified atom stereocenters. The van der Waals surface area contributed by atoms with Crippen LogP contribution in [0.3, 0.4) is 0 Å². The Hall–Kier alpha value is -3.31. The van der Waals surface area contributed by atoms with Gasteiger partial charge >= 0.3 is 0 Å². The first-order valence-electron chi connectivity index (χ1n) is 10.4. The second-order valence-electron chi connectivity index (χ2n) is 7.47. The molecule has 168 valence electrons. The minimum Gasteiger partial charge on any atom is -0.338 e. The van der Waals surface area contributed by atoms with Gasteiger partial charge in [-0.15, -0.1) is 0 Å². The second kappa shape index (κ2) is 9.45. The number of nitrogens with zero attached hydrogens (tertiary/aromatic N) is 6. The highest BCUT2D eigenvalue weighted by Crippen LogP contribution is 2.24. The summed E-state index contributed by atoms with van der Waals surface area (Å²) in [6.45, 7) is 5.43. The van der Waals surface area contributed by atoms with Crippen molar-refractivity contribution < 1.29 is 8.42 Å². The Kier molecular flexibility index (Phi) is 6.47. The van der Waals surface area contributed by atoms with Crippen molar-refractivity contribution >= 4 is 33.4 Å². The van der Waals surface area contributed by atoms with Gasteiger partial charge in [-0.2, -0.15) is 15.0 Å². The van der Waals surface area contributed by atoms with E-state index >= 15 is 0 Å². The van der Waals surface area contributed by atoms with Crippen LogP contribution in [0.1, 0.15) is 12.7 Å². The van der Waals surface area contributed by atoms with Crippen LogP contribution in [0.15, 0.2) is 53.6 Å². The van der Waals surface area contributed by atoms with Gasteiger partial charge in [0, 0.05) is 44.5 Å². The Morgan fingerprint density at radius 1 is 0.969 bits per heavy atom. The molecule has 0 saturated carbocycles. The summed E-state index contributed by atoms with van der Waals surface area (Å²) in [6.07, 6.45) is 2.15. The fraction of sp³-hybridized carbons (Fsp3) is 0.333. The summed E-state index contributed by atoms with van der Waals surface area (Å²) in [6, 6.07) is 11.8. The molecule has 3 heterocycles. The van der Waals surface area contributed by atoms with Crippen molar-refractivity contribution in [2.45, 2.75) is 18.2 Å². The van der Waals surface area contributed by atoms with Gasteiger partial charge in [-0.1, -0.05) is 25.1 Å². The van der Waals surface area contributed by atoms with Gasteiger partial charge in [0.15, 0.2) is 5.82 Å². The lowest BCUT2D eigenvalue weighted by molar-refractivity contribution is 0.311. The van der Waals surface area contributed by atoms with E-state index in [0.717, 1.165) is 26.2 Å². The number of hydrogen-bond acceptors (Lipinski definition) is 9. The molecule has 10 nitrogen and oxygen atoms in total. The van der Waals surface area contributed by atoms with Crippen LogP contribution in [-0.2, 0) is 16.4 Å². The Morgan fingerprint density at radius 3 is 2.44 bits per heavy atom. The summed E-state index contributed by atoms with van der Waals surface area (Å²) in [4.78, 5) is 22.2. The number of nitrogens with one attached hydrogen (secondary N) is 2. The van der Waals surface area contributed by atoms with E-state index in [1.54, 1.807) is 30.3 Å². The summed E-state index contributed by atoms with van der Waals surface area (Å²) in [5, 5.41) is 3.00. The fourth-order valence-corrected chi connectivity index (χ4v) is 4.47. The number of aryl methyl sites for hydroxylation is 1. The standard InChI is InChI=1S/C21H26N8O2S/c1-3-18-23-20(26-21(24-18)29-14-12-28(2)13-15-29)25-19-17(10-7-11-22-19)32(30,31)27-16-8-5-4-6-9-16/h4-11,27H,3,12-15H2,1-2H3,(H,22,23,24,25,26). The fourth-order valence-electron chi connectivity index (χ4n) is 3.29. The molecule has 0 aliphatic carbocycles. The van der Waals surface area contributed by atoms with Gasteiger partial charge in [0.2, 0.25) is 11.9 Å². The molecule has 1 fully saturated rings. The monoisotopic (exact) mass is 454 g/mol. The average molecular weight is 455 g/mol. The first-order chi connectivity index (χ1) is 15.4. The molecular weight excluding hydrogens is 428 g/mol. The normalized spacial score (nSPS) is 14.9. The van der Waals surface area contributed by atoms with Crippen molar-refractivity contribution in [3.63, 3.8) is 0 Å². The zero-order chi connectivity index (χ0) is 22.6. The van der Waals surface area contributed by atoms with E-state index in [1.807, 2.05) is 13.0 Å². The molecular formula is C21H26N8O2S. The number of sulfonamides is 1. The number of aromatic nitrogens is 4. The number of hydrogen-bond donors (Lipinski definition) is 2. The SMILES string of the molecule is CCc1nc(Nc2ncccc2S(=O)(=O)Nc2ccccc2)nc(N2CCN(C)CC2)n1. The molecule has 32 heavy (non-hydrogen) atoms. The van der Waals surface area contributed by atoms with Crippen LogP contribution in [0.4, 0.5) is 23.4 Å². The van der Waals surface area contributed by atoms with Crippen LogP contribution in [0.25, 0.3) is 0 Å². The van der Waals surface area contributed by atoms with E-state index in [9.17, 15) is 8.42 Å². The molecule has 0 amide bonds. The molecule has 1 aromatic carbocycles. The summed E-state index contributed by atoms with van der Waals surface area (Å²) in [5.41, 5.74) is 0.466. The summed E-state index contributed by atoms with van der Waals surface area (Å²) in [5.74, 6) is 1.61. The van der Waals surface area contributed by atoms with Crippen molar-refractivity contribution in [2.24, 2.45) is 0 Å². The third-order valence-corrected chi connectivity index (χ3v) is 6.50. The van der Waals surface area contributed by atoms with Crippen molar-refractivity contribution in [1.29, 1.82) is 0 Å². The quantitative estimate of drug-likeness (QED) is 0.554. The second-order valence-corrected chi connectivity index (χ2v) is 9.12. The number of para-hydroxylation sites is 1. The Bertz CT molecular complexity index is 1170. The van der Waals surface area contributed by atoms with E-state index in [2.05, 4.69) is 46.8 Å². The average Bonchev–Trinajstić information content (AvgIpc) is 2.80. The van der Waals surface area contributed by atoms with Crippen LogP contribution in [0.5, 0.6) is 0 Å². The minimum atomic E-state index is -3.88. The number of rotatable bonds is 7. The zero-order valence-corrected chi connectivity index (χ0v) is 18.9. The molecule has 2 aromatic heterocycles. The highest BCUT2D eigenvalue weighted by Gasteiger charge is 2.22. The molecule has 0 atom stereocenters. The van der Waals surface area contributed by atoms with Gasteiger partial charge in [0.25, 0.3) is 10.0 Å². The van der Waals surface area contributed by atoms with Gasteiger partial charge in [0.1, 0.15) is 10.7 Å². The van der Waals surface area contributed by atoms with Crippen molar-refractivity contribution in [1.82, 2.24) is 24.8 Å². The molecule has 3 aromatic rings. The van der Waals surface area contributed by atoms with Crippen LogP contribution in [-0.4, -0.2) is 66.5 Å². The lowest BCUT2D eigenvalue weighted by atomic mass is 10.3. The molecule has 1 saturated heterocycles. The Morgan fingerprint density at radius 2 is 1.72 bits per heavy atom. The van der Waals surface area contributed by atoms with Gasteiger partial charge < -0.3 is 15.1 Å². The molecule has 1 aliphatic rings.